The van der Waals surface area contributed by atoms with Crippen molar-refractivity contribution in [1.29, 1.82) is 0 Å². The molecule has 5 aliphatic rings. The van der Waals surface area contributed by atoms with Crippen LogP contribution in [0.2, 0.25) is 0 Å². The van der Waals surface area contributed by atoms with E-state index in [-0.39, 0.29) is 39.8 Å². The van der Waals surface area contributed by atoms with E-state index in [4.69, 9.17) is 0 Å². The molecule has 11 atom stereocenters. The van der Waals surface area contributed by atoms with Gasteiger partial charge in [0.2, 0.25) is 0 Å². The van der Waals surface area contributed by atoms with Crippen LogP contribution in [0.15, 0.2) is 12.2 Å². The van der Waals surface area contributed by atoms with E-state index in [1.54, 1.807) is 0 Å². The van der Waals surface area contributed by atoms with E-state index < -0.39 is 6.10 Å². The van der Waals surface area contributed by atoms with Gasteiger partial charge in [-0.25, -0.2) is 0 Å². The average Bonchev–Trinajstić information content (AvgIpc) is 2.74. The Labute approximate surface area is 202 Å². The zero-order valence-electron chi connectivity index (χ0n) is 22.2. The normalized spacial score (nSPS) is 58.0. The van der Waals surface area contributed by atoms with E-state index in [2.05, 4.69) is 48.1 Å². The maximum Gasteiger partial charge on any atom is 0.0627 e. The minimum atomic E-state index is -0.435. The van der Waals surface area contributed by atoms with Crippen LogP contribution in [0.5, 0.6) is 0 Å². The van der Waals surface area contributed by atoms with Gasteiger partial charge in [0.15, 0.2) is 0 Å². The predicted molar refractivity (Wildman–Crippen MR) is 133 cm³/mol. The lowest BCUT2D eigenvalue weighted by molar-refractivity contribution is -0.276. The molecule has 0 aliphatic heterocycles. The molecular weight excluding hydrogens is 408 g/mol. The summed E-state index contributed by atoms with van der Waals surface area (Å²) in [6, 6.07) is 0. The third-order valence-corrected chi connectivity index (χ3v) is 13.7. The van der Waals surface area contributed by atoms with Gasteiger partial charge in [-0.05, 0) is 109 Å². The van der Waals surface area contributed by atoms with Crippen molar-refractivity contribution in [1.82, 2.24) is 0 Å². The molecule has 0 aromatic heterocycles. The Kier molecular flexibility index (Phi) is 5.40. The minimum Gasteiger partial charge on any atom is -0.396 e. The quantitative estimate of drug-likeness (QED) is 0.424. The fraction of sp³-hybridized carbons (Fsp3) is 0.933. The maximum absolute atomic E-state index is 11.8. The van der Waals surface area contributed by atoms with E-state index in [0.717, 1.165) is 32.1 Å². The first-order valence-corrected chi connectivity index (χ1v) is 13.9. The van der Waals surface area contributed by atoms with Crippen molar-refractivity contribution in [2.24, 2.45) is 56.7 Å². The van der Waals surface area contributed by atoms with Gasteiger partial charge in [0.25, 0.3) is 0 Å². The number of rotatable bonds is 1. The van der Waals surface area contributed by atoms with Crippen LogP contribution in [0.1, 0.15) is 99.3 Å². The smallest absolute Gasteiger partial charge is 0.0627 e. The summed E-state index contributed by atoms with van der Waals surface area (Å²) in [4.78, 5) is 0. The molecule has 0 saturated heterocycles. The van der Waals surface area contributed by atoms with Crippen molar-refractivity contribution in [2.45, 2.75) is 112 Å². The van der Waals surface area contributed by atoms with E-state index in [9.17, 15) is 15.3 Å². The van der Waals surface area contributed by atoms with Gasteiger partial charge >= 0.3 is 0 Å². The molecule has 0 radical (unpaired) electrons. The van der Waals surface area contributed by atoms with Crippen LogP contribution >= 0.6 is 0 Å². The predicted octanol–water partition coefficient (Wildman–Crippen LogP) is 5.97. The van der Waals surface area contributed by atoms with Crippen molar-refractivity contribution in [2.75, 3.05) is 6.61 Å². The Hall–Kier alpha value is -0.380. The maximum atomic E-state index is 11.8. The Bertz CT molecular complexity index is 819. The number of fused-ring (bicyclic) bond motifs is 7. The fourth-order valence-corrected chi connectivity index (χ4v) is 11.5. The van der Waals surface area contributed by atoms with E-state index >= 15 is 0 Å². The Morgan fingerprint density at radius 1 is 0.848 bits per heavy atom. The molecule has 0 bridgehead atoms. The topological polar surface area (TPSA) is 60.7 Å². The second kappa shape index (κ2) is 7.32. The zero-order valence-corrected chi connectivity index (χ0v) is 22.2. The highest BCUT2D eigenvalue weighted by molar-refractivity contribution is 5.23. The Morgan fingerprint density at radius 2 is 1.55 bits per heavy atom. The van der Waals surface area contributed by atoms with Crippen molar-refractivity contribution >= 4 is 0 Å². The highest BCUT2D eigenvalue weighted by atomic mass is 16.3. The fourth-order valence-electron chi connectivity index (χ4n) is 11.5. The van der Waals surface area contributed by atoms with Gasteiger partial charge in [0.1, 0.15) is 0 Å². The van der Waals surface area contributed by atoms with Gasteiger partial charge < -0.3 is 15.3 Å². The molecule has 0 heterocycles. The van der Waals surface area contributed by atoms with Gasteiger partial charge in [-0.3, -0.25) is 0 Å². The van der Waals surface area contributed by atoms with Crippen LogP contribution in [0.3, 0.4) is 0 Å². The highest BCUT2D eigenvalue weighted by Crippen LogP contribution is 2.76. The van der Waals surface area contributed by atoms with Crippen LogP contribution < -0.4 is 0 Å². The van der Waals surface area contributed by atoms with Crippen LogP contribution in [-0.2, 0) is 0 Å². The third-order valence-electron chi connectivity index (χ3n) is 13.7. The largest absolute Gasteiger partial charge is 0.396 e. The van der Waals surface area contributed by atoms with Crippen LogP contribution in [0.25, 0.3) is 0 Å². The minimum absolute atomic E-state index is 0.0279. The third kappa shape index (κ3) is 2.80. The van der Waals surface area contributed by atoms with Crippen LogP contribution in [0.4, 0.5) is 0 Å². The number of aliphatic hydroxyl groups excluding tert-OH is 3. The molecule has 0 spiro atoms. The lowest BCUT2D eigenvalue weighted by Crippen LogP contribution is -2.70. The Balaban J connectivity index is 1.58. The molecule has 0 aromatic carbocycles. The molecule has 5 rings (SSSR count). The number of allylic oxidation sites excluding steroid dienone is 1. The van der Waals surface area contributed by atoms with Gasteiger partial charge in [-0.2, -0.15) is 0 Å². The first-order valence-electron chi connectivity index (χ1n) is 13.9. The van der Waals surface area contributed by atoms with Crippen LogP contribution in [0, 0.1) is 56.7 Å². The summed E-state index contributed by atoms with van der Waals surface area (Å²) in [5.74, 6) is 2.41. The summed E-state index contributed by atoms with van der Waals surface area (Å²) < 4.78 is 0. The van der Waals surface area contributed by atoms with E-state index in [1.807, 2.05) is 0 Å². The molecule has 3 unspecified atom stereocenters. The average molecular weight is 459 g/mol. The molecule has 0 aromatic rings. The molecular formula is C30H50O3. The zero-order chi connectivity index (χ0) is 24.2. The SMILES string of the molecule is C=C1CC[C@@]2(CO)C([C@@H]1C)[C@H]1CCC3[C@@]4(C)CC[C@H](O)C(C)(C)C4CC[C@@]3(C)[C@]1(C)C[C@@H]2O. The lowest BCUT2D eigenvalue weighted by Gasteiger charge is -2.74. The number of hydrogen-bond acceptors (Lipinski definition) is 3. The first kappa shape index (κ1) is 24.3. The molecule has 33 heavy (non-hydrogen) atoms. The summed E-state index contributed by atoms with van der Waals surface area (Å²) in [6.07, 6.45) is 8.91. The molecule has 3 heteroatoms. The van der Waals surface area contributed by atoms with Gasteiger partial charge in [-0.15, -0.1) is 0 Å². The molecule has 0 amide bonds. The molecule has 5 aliphatic carbocycles. The van der Waals surface area contributed by atoms with Gasteiger partial charge in [0, 0.05) is 5.41 Å². The molecule has 5 saturated carbocycles. The molecule has 3 nitrogen and oxygen atoms in total. The highest BCUT2D eigenvalue weighted by Gasteiger charge is 2.71. The second-order valence-corrected chi connectivity index (χ2v) is 14.6. The van der Waals surface area contributed by atoms with Gasteiger partial charge in [0.05, 0.1) is 18.8 Å². The van der Waals surface area contributed by atoms with Crippen LogP contribution in [-0.4, -0.2) is 34.1 Å². The summed E-state index contributed by atoms with van der Waals surface area (Å²) in [5.41, 5.74) is 1.44. The van der Waals surface area contributed by atoms with Crippen molar-refractivity contribution in [3.05, 3.63) is 12.2 Å². The summed E-state index contributed by atoms with van der Waals surface area (Å²) in [5, 5.41) is 33.3. The van der Waals surface area contributed by atoms with E-state index in [1.165, 1.54) is 31.3 Å². The lowest BCUT2D eigenvalue weighted by atomic mass is 9.31. The molecule has 3 N–H and O–H groups in total. The summed E-state index contributed by atoms with van der Waals surface area (Å²) in [6.45, 7) is 19.1. The summed E-state index contributed by atoms with van der Waals surface area (Å²) in [7, 11) is 0. The van der Waals surface area contributed by atoms with Crippen molar-refractivity contribution in [3.63, 3.8) is 0 Å². The monoisotopic (exact) mass is 458 g/mol. The van der Waals surface area contributed by atoms with E-state index in [0.29, 0.717) is 29.6 Å². The standard InChI is InChI=1S/C30H50O3/c1-18-10-15-30(17-31)24(33)16-29(7)20(25(30)19(18)2)8-9-22-27(5)13-12-23(32)26(3,4)21(27)11-14-28(22,29)6/h19-25,31-33H,1,8-17H2,2-7H3/t19-,20-,21?,22?,23+,24+,25?,27+,28-,29-,30+/m1/s1. The number of hydrogen-bond donors (Lipinski definition) is 3. The Morgan fingerprint density at radius 3 is 2.21 bits per heavy atom. The van der Waals surface area contributed by atoms with Gasteiger partial charge in [-0.1, -0.05) is 53.7 Å². The second-order valence-electron chi connectivity index (χ2n) is 14.6. The van der Waals surface area contributed by atoms with Crippen molar-refractivity contribution < 1.29 is 15.3 Å². The molecule has 188 valence electrons. The molecule has 5 fully saturated rings. The van der Waals surface area contributed by atoms with Crippen molar-refractivity contribution in [3.8, 4) is 0 Å². The first-order chi connectivity index (χ1) is 15.3. The number of aliphatic hydroxyl groups is 3. The summed E-state index contributed by atoms with van der Waals surface area (Å²) >= 11 is 0.